The molecule has 102 valence electrons. The number of benzene rings is 1. The van der Waals surface area contributed by atoms with E-state index in [1.165, 1.54) is 33.0 Å². The Labute approximate surface area is 118 Å². The van der Waals surface area contributed by atoms with Gasteiger partial charge in [0.2, 0.25) is 0 Å². The number of rotatable bonds is 5. The minimum absolute atomic E-state index is 0.172. The van der Waals surface area contributed by atoms with Crippen LogP contribution in [0.1, 0.15) is 33.8 Å². The quantitative estimate of drug-likeness (QED) is 0.854. The summed E-state index contributed by atoms with van der Waals surface area (Å²) in [5.74, 6) is -0.172. The molecule has 1 atom stereocenters. The standard InChI is InChI=1S/C16H20FNS/c1-11-10-16(13(3)19-11)12(2)18-9-8-14-4-6-15(17)7-5-14/h4-7,10,12,18H,8-9H2,1-3H3. The molecular weight excluding hydrogens is 257 g/mol. The first-order chi connectivity index (χ1) is 9.06. The lowest BCUT2D eigenvalue weighted by molar-refractivity contribution is 0.575. The topological polar surface area (TPSA) is 12.0 Å². The monoisotopic (exact) mass is 277 g/mol. The van der Waals surface area contributed by atoms with Crippen molar-refractivity contribution in [3.8, 4) is 0 Å². The van der Waals surface area contributed by atoms with Gasteiger partial charge in [-0.05, 0) is 63.1 Å². The molecule has 0 amide bonds. The van der Waals surface area contributed by atoms with Crippen LogP contribution in [0.2, 0.25) is 0 Å². The van der Waals surface area contributed by atoms with Crippen molar-refractivity contribution < 1.29 is 4.39 Å². The van der Waals surface area contributed by atoms with E-state index in [4.69, 9.17) is 0 Å². The lowest BCUT2D eigenvalue weighted by atomic mass is 10.1. The third-order valence-electron chi connectivity index (χ3n) is 3.32. The lowest BCUT2D eigenvalue weighted by Crippen LogP contribution is -2.21. The predicted octanol–water partition coefficient (Wildman–Crippen LogP) is 4.40. The van der Waals surface area contributed by atoms with Gasteiger partial charge in [-0.1, -0.05) is 12.1 Å². The normalized spacial score (nSPS) is 12.6. The first-order valence-electron chi connectivity index (χ1n) is 6.61. The largest absolute Gasteiger partial charge is 0.310 e. The van der Waals surface area contributed by atoms with Crippen LogP contribution in [-0.4, -0.2) is 6.54 Å². The second-order valence-electron chi connectivity index (χ2n) is 4.92. The van der Waals surface area contributed by atoms with Gasteiger partial charge >= 0.3 is 0 Å². The van der Waals surface area contributed by atoms with Crippen molar-refractivity contribution in [1.29, 1.82) is 0 Å². The summed E-state index contributed by atoms with van der Waals surface area (Å²) in [6.07, 6.45) is 0.923. The van der Waals surface area contributed by atoms with Gasteiger partial charge in [0.15, 0.2) is 0 Å². The van der Waals surface area contributed by atoms with Crippen LogP contribution in [-0.2, 0) is 6.42 Å². The number of thiophene rings is 1. The summed E-state index contributed by atoms with van der Waals surface area (Å²) in [7, 11) is 0. The maximum atomic E-state index is 12.8. The molecule has 3 heteroatoms. The summed E-state index contributed by atoms with van der Waals surface area (Å²) < 4.78 is 12.8. The molecule has 0 saturated heterocycles. The van der Waals surface area contributed by atoms with Gasteiger partial charge in [0, 0.05) is 15.8 Å². The molecule has 19 heavy (non-hydrogen) atoms. The Morgan fingerprint density at radius 3 is 2.47 bits per heavy atom. The summed E-state index contributed by atoms with van der Waals surface area (Å²) >= 11 is 1.85. The van der Waals surface area contributed by atoms with E-state index in [1.807, 2.05) is 23.5 Å². The summed E-state index contributed by atoms with van der Waals surface area (Å²) in [5.41, 5.74) is 2.56. The smallest absolute Gasteiger partial charge is 0.123 e. The van der Waals surface area contributed by atoms with Crippen LogP contribution in [0.3, 0.4) is 0 Å². The molecule has 0 saturated carbocycles. The highest BCUT2D eigenvalue weighted by Gasteiger charge is 2.10. The van der Waals surface area contributed by atoms with Crippen molar-refractivity contribution in [2.45, 2.75) is 33.2 Å². The molecule has 1 aromatic carbocycles. The SMILES string of the molecule is Cc1cc(C(C)NCCc2ccc(F)cc2)c(C)s1. The summed E-state index contributed by atoms with van der Waals surface area (Å²) in [4.78, 5) is 2.75. The number of nitrogens with one attached hydrogen (secondary N) is 1. The van der Waals surface area contributed by atoms with E-state index in [1.54, 1.807) is 0 Å². The van der Waals surface area contributed by atoms with Gasteiger partial charge in [0.1, 0.15) is 5.82 Å². The molecule has 1 aromatic heterocycles. The molecule has 1 N–H and O–H groups in total. The zero-order valence-electron chi connectivity index (χ0n) is 11.7. The van der Waals surface area contributed by atoms with Gasteiger partial charge in [-0.3, -0.25) is 0 Å². The maximum Gasteiger partial charge on any atom is 0.123 e. The van der Waals surface area contributed by atoms with Crippen LogP contribution in [0, 0.1) is 19.7 Å². The summed E-state index contributed by atoms with van der Waals surface area (Å²) in [6.45, 7) is 7.41. The third-order valence-corrected chi connectivity index (χ3v) is 4.31. The average Bonchev–Trinajstić information content (AvgIpc) is 2.71. The second kappa shape index (κ2) is 6.31. The van der Waals surface area contributed by atoms with Gasteiger partial charge in [0.25, 0.3) is 0 Å². The minimum atomic E-state index is -0.172. The van der Waals surface area contributed by atoms with Crippen LogP contribution in [0.25, 0.3) is 0 Å². The van der Waals surface area contributed by atoms with Gasteiger partial charge in [-0.15, -0.1) is 11.3 Å². The van der Waals surface area contributed by atoms with Crippen molar-refractivity contribution in [3.05, 3.63) is 57.0 Å². The first-order valence-corrected chi connectivity index (χ1v) is 7.42. The van der Waals surface area contributed by atoms with Gasteiger partial charge in [-0.25, -0.2) is 4.39 Å². The van der Waals surface area contributed by atoms with Gasteiger partial charge in [-0.2, -0.15) is 0 Å². The highest BCUT2D eigenvalue weighted by Crippen LogP contribution is 2.25. The van der Waals surface area contributed by atoms with Gasteiger partial charge in [0.05, 0.1) is 0 Å². The van der Waals surface area contributed by atoms with Crippen molar-refractivity contribution in [2.75, 3.05) is 6.54 Å². The molecule has 0 aliphatic carbocycles. The zero-order valence-corrected chi connectivity index (χ0v) is 12.5. The molecule has 2 rings (SSSR count). The van der Waals surface area contributed by atoms with E-state index in [2.05, 4.69) is 32.2 Å². The first kappa shape index (κ1) is 14.2. The molecule has 0 bridgehead atoms. The van der Waals surface area contributed by atoms with E-state index in [0.717, 1.165) is 13.0 Å². The van der Waals surface area contributed by atoms with Crippen LogP contribution >= 0.6 is 11.3 Å². The number of hydrogen-bond acceptors (Lipinski definition) is 2. The highest BCUT2D eigenvalue weighted by atomic mass is 32.1. The minimum Gasteiger partial charge on any atom is -0.310 e. The molecular formula is C16H20FNS. The lowest BCUT2D eigenvalue weighted by Gasteiger charge is -2.13. The van der Waals surface area contributed by atoms with E-state index in [0.29, 0.717) is 6.04 Å². The predicted molar refractivity (Wildman–Crippen MR) is 80.3 cm³/mol. The van der Waals surface area contributed by atoms with Crippen LogP contribution in [0.15, 0.2) is 30.3 Å². The maximum absolute atomic E-state index is 12.8. The molecule has 0 fully saturated rings. The van der Waals surface area contributed by atoms with Crippen LogP contribution < -0.4 is 5.32 Å². The van der Waals surface area contributed by atoms with Gasteiger partial charge < -0.3 is 5.32 Å². The molecule has 1 heterocycles. The summed E-state index contributed by atoms with van der Waals surface area (Å²) in [6, 6.07) is 9.36. The number of halogens is 1. The Morgan fingerprint density at radius 2 is 1.89 bits per heavy atom. The molecule has 0 aliphatic heterocycles. The fourth-order valence-electron chi connectivity index (χ4n) is 2.27. The van der Waals surface area contributed by atoms with Crippen LogP contribution in [0.4, 0.5) is 4.39 Å². The number of aryl methyl sites for hydroxylation is 2. The van der Waals surface area contributed by atoms with Crippen LogP contribution in [0.5, 0.6) is 0 Å². The Hall–Kier alpha value is -1.19. The van der Waals surface area contributed by atoms with E-state index < -0.39 is 0 Å². The Kier molecular flexibility index (Phi) is 4.72. The molecule has 0 aliphatic rings. The second-order valence-corrected chi connectivity index (χ2v) is 6.38. The average molecular weight is 277 g/mol. The molecule has 0 radical (unpaired) electrons. The fraction of sp³-hybridized carbons (Fsp3) is 0.375. The highest BCUT2D eigenvalue weighted by molar-refractivity contribution is 7.12. The van der Waals surface area contributed by atoms with Crippen molar-refractivity contribution >= 4 is 11.3 Å². The fourth-order valence-corrected chi connectivity index (χ4v) is 3.30. The molecule has 0 spiro atoms. The van der Waals surface area contributed by atoms with Crippen molar-refractivity contribution in [2.24, 2.45) is 0 Å². The third kappa shape index (κ3) is 3.88. The Balaban J connectivity index is 1.85. The van der Waals surface area contributed by atoms with Crippen molar-refractivity contribution in [1.82, 2.24) is 5.32 Å². The summed E-state index contributed by atoms with van der Waals surface area (Å²) in [5, 5.41) is 3.53. The molecule has 2 aromatic rings. The molecule has 1 unspecified atom stereocenters. The van der Waals surface area contributed by atoms with E-state index in [-0.39, 0.29) is 5.82 Å². The molecule has 1 nitrogen and oxygen atoms in total. The number of hydrogen-bond donors (Lipinski definition) is 1. The Morgan fingerprint density at radius 1 is 1.21 bits per heavy atom. The van der Waals surface area contributed by atoms with E-state index >= 15 is 0 Å². The Bertz CT molecular complexity index is 530. The van der Waals surface area contributed by atoms with Crippen molar-refractivity contribution in [3.63, 3.8) is 0 Å². The zero-order chi connectivity index (χ0) is 13.8. The van der Waals surface area contributed by atoms with E-state index in [9.17, 15) is 4.39 Å².